The van der Waals surface area contributed by atoms with Gasteiger partial charge >= 0.3 is 0 Å². The summed E-state index contributed by atoms with van der Waals surface area (Å²) in [6.07, 6.45) is 4.70. The highest BCUT2D eigenvalue weighted by molar-refractivity contribution is 5.31. The van der Waals surface area contributed by atoms with Crippen LogP contribution in [0.1, 0.15) is 24.3 Å². The van der Waals surface area contributed by atoms with Gasteiger partial charge in [-0.25, -0.2) is 0 Å². The Labute approximate surface area is 89.7 Å². The second kappa shape index (κ2) is 3.85. The lowest BCUT2D eigenvalue weighted by Crippen LogP contribution is -2.43. The summed E-state index contributed by atoms with van der Waals surface area (Å²) in [6.45, 7) is 4.10. The first-order valence-electron chi connectivity index (χ1n) is 5.88. The molecular weight excluding hydrogens is 190 g/mol. The SMILES string of the molecule is C1CCc2oc(N3CCNCC3)nc2C1. The van der Waals surface area contributed by atoms with Gasteiger partial charge in [-0.2, -0.15) is 4.98 Å². The van der Waals surface area contributed by atoms with Crippen molar-refractivity contribution in [1.82, 2.24) is 10.3 Å². The molecule has 0 atom stereocenters. The molecule has 1 saturated heterocycles. The summed E-state index contributed by atoms with van der Waals surface area (Å²) in [6, 6.07) is 0.850. The van der Waals surface area contributed by atoms with Crippen LogP contribution in [0, 0.1) is 0 Å². The fourth-order valence-corrected chi connectivity index (χ4v) is 2.33. The third-order valence-corrected chi connectivity index (χ3v) is 3.22. The highest BCUT2D eigenvalue weighted by atomic mass is 16.4. The Hall–Kier alpha value is -1.03. The minimum absolute atomic E-state index is 0.850. The zero-order chi connectivity index (χ0) is 10.1. The van der Waals surface area contributed by atoms with Crippen molar-refractivity contribution in [3.05, 3.63) is 11.5 Å². The summed E-state index contributed by atoms with van der Waals surface area (Å²) < 4.78 is 5.83. The van der Waals surface area contributed by atoms with Crippen LogP contribution in [0.2, 0.25) is 0 Å². The van der Waals surface area contributed by atoms with Gasteiger partial charge in [-0.3, -0.25) is 0 Å². The molecule has 0 radical (unpaired) electrons. The van der Waals surface area contributed by atoms with Crippen molar-refractivity contribution in [1.29, 1.82) is 0 Å². The Morgan fingerprint density at radius 1 is 1.13 bits per heavy atom. The Morgan fingerprint density at radius 2 is 1.93 bits per heavy atom. The molecule has 1 aromatic rings. The fraction of sp³-hybridized carbons (Fsp3) is 0.727. The molecule has 0 spiro atoms. The molecule has 4 heteroatoms. The first-order valence-corrected chi connectivity index (χ1v) is 5.88. The monoisotopic (exact) mass is 207 g/mol. The highest BCUT2D eigenvalue weighted by Crippen LogP contribution is 2.25. The second-order valence-corrected chi connectivity index (χ2v) is 4.31. The van der Waals surface area contributed by atoms with Crippen LogP contribution in [0.25, 0.3) is 0 Å². The van der Waals surface area contributed by atoms with E-state index in [1.807, 2.05) is 0 Å². The molecule has 1 aromatic heterocycles. The van der Waals surface area contributed by atoms with Gasteiger partial charge < -0.3 is 14.6 Å². The fourth-order valence-electron chi connectivity index (χ4n) is 2.33. The highest BCUT2D eigenvalue weighted by Gasteiger charge is 2.21. The van der Waals surface area contributed by atoms with E-state index in [2.05, 4.69) is 15.2 Å². The Balaban J connectivity index is 1.82. The van der Waals surface area contributed by atoms with E-state index in [4.69, 9.17) is 4.42 Å². The second-order valence-electron chi connectivity index (χ2n) is 4.31. The van der Waals surface area contributed by atoms with Crippen molar-refractivity contribution in [2.24, 2.45) is 0 Å². The molecule has 0 aromatic carbocycles. The van der Waals surface area contributed by atoms with E-state index in [0.29, 0.717) is 0 Å². The maximum absolute atomic E-state index is 5.83. The maximum Gasteiger partial charge on any atom is 0.297 e. The smallest absolute Gasteiger partial charge is 0.297 e. The van der Waals surface area contributed by atoms with E-state index in [9.17, 15) is 0 Å². The molecule has 1 N–H and O–H groups in total. The van der Waals surface area contributed by atoms with Crippen LogP contribution in [-0.2, 0) is 12.8 Å². The third-order valence-electron chi connectivity index (χ3n) is 3.22. The van der Waals surface area contributed by atoms with Gasteiger partial charge in [-0.1, -0.05) is 0 Å². The van der Waals surface area contributed by atoms with Crippen LogP contribution in [0.4, 0.5) is 6.01 Å². The summed E-state index contributed by atoms with van der Waals surface area (Å²) in [4.78, 5) is 6.85. The summed E-state index contributed by atoms with van der Waals surface area (Å²) in [5, 5.41) is 3.34. The molecule has 1 aliphatic heterocycles. The largest absolute Gasteiger partial charge is 0.428 e. The molecule has 2 aliphatic rings. The number of aromatic nitrogens is 1. The van der Waals surface area contributed by atoms with Crippen LogP contribution in [-0.4, -0.2) is 31.2 Å². The number of oxazole rings is 1. The van der Waals surface area contributed by atoms with E-state index in [1.54, 1.807) is 0 Å². The quantitative estimate of drug-likeness (QED) is 0.745. The van der Waals surface area contributed by atoms with Crippen molar-refractivity contribution in [3.63, 3.8) is 0 Å². The van der Waals surface area contributed by atoms with E-state index in [0.717, 1.165) is 50.8 Å². The number of hydrogen-bond acceptors (Lipinski definition) is 4. The summed E-state index contributed by atoms with van der Waals surface area (Å²) in [5.41, 5.74) is 1.20. The number of anilines is 1. The van der Waals surface area contributed by atoms with Gasteiger partial charge in [-0.05, 0) is 19.3 Å². The van der Waals surface area contributed by atoms with E-state index in [-0.39, 0.29) is 0 Å². The predicted molar refractivity (Wildman–Crippen MR) is 58.2 cm³/mol. The number of aryl methyl sites for hydroxylation is 2. The zero-order valence-corrected chi connectivity index (χ0v) is 8.96. The minimum atomic E-state index is 0.850. The lowest BCUT2D eigenvalue weighted by Gasteiger charge is -2.25. The van der Waals surface area contributed by atoms with Crippen LogP contribution in [0.5, 0.6) is 0 Å². The zero-order valence-electron chi connectivity index (χ0n) is 8.96. The number of rotatable bonds is 1. The summed E-state index contributed by atoms with van der Waals surface area (Å²) in [7, 11) is 0. The third kappa shape index (κ3) is 1.74. The molecule has 1 aliphatic carbocycles. The molecule has 1 fully saturated rings. The van der Waals surface area contributed by atoms with Crippen LogP contribution in [0.3, 0.4) is 0 Å². The van der Waals surface area contributed by atoms with Gasteiger partial charge in [0, 0.05) is 32.6 Å². The lowest BCUT2D eigenvalue weighted by molar-refractivity contribution is 0.455. The molecule has 82 valence electrons. The van der Waals surface area contributed by atoms with Gasteiger partial charge in [0.1, 0.15) is 5.76 Å². The Morgan fingerprint density at radius 3 is 2.73 bits per heavy atom. The molecule has 4 nitrogen and oxygen atoms in total. The molecule has 3 rings (SSSR count). The average molecular weight is 207 g/mol. The normalized spacial score (nSPS) is 21.5. The van der Waals surface area contributed by atoms with Gasteiger partial charge in [0.2, 0.25) is 0 Å². The predicted octanol–water partition coefficient (Wildman–Crippen LogP) is 0.963. The first kappa shape index (κ1) is 9.21. The number of fused-ring (bicyclic) bond motifs is 1. The topological polar surface area (TPSA) is 41.3 Å². The summed E-state index contributed by atoms with van der Waals surface area (Å²) >= 11 is 0. The lowest BCUT2D eigenvalue weighted by atomic mass is 10.0. The number of piperazine rings is 1. The molecule has 0 saturated carbocycles. The van der Waals surface area contributed by atoms with Gasteiger partial charge in [0.15, 0.2) is 0 Å². The van der Waals surface area contributed by atoms with Crippen LogP contribution in [0.15, 0.2) is 4.42 Å². The molecule has 0 bridgehead atoms. The van der Waals surface area contributed by atoms with Gasteiger partial charge in [-0.15, -0.1) is 0 Å². The van der Waals surface area contributed by atoms with Gasteiger partial charge in [0.05, 0.1) is 5.69 Å². The number of nitrogens with zero attached hydrogens (tertiary/aromatic N) is 2. The van der Waals surface area contributed by atoms with Gasteiger partial charge in [0.25, 0.3) is 6.01 Å². The van der Waals surface area contributed by atoms with E-state index < -0.39 is 0 Å². The van der Waals surface area contributed by atoms with Crippen molar-refractivity contribution >= 4 is 6.01 Å². The standard InChI is InChI=1S/C11H17N3O/c1-2-4-10-9(3-1)13-11(15-10)14-7-5-12-6-8-14/h12H,1-8H2. The van der Waals surface area contributed by atoms with Crippen molar-refractivity contribution in [3.8, 4) is 0 Å². The van der Waals surface area contributed by atoms with Crippen LogP contribution >= 0.6 is 0 Å². The van der Waals surface area contributed by atoms with Crippen LogP contribution < -0.4 is 10.2 Å². The molecule has 0 unspecified atom stereocenters. The Kier molecular flexibility index (Phi) is 2.37. The van der Waals surface area contributed by atoms with Crippen molar-refractivity contribution < 1.29 is 4.42 Å². The van der Waals surface area contributed by atoms with Crippen molar-refractivity contribution in [2.75, 3.05) is 31.1 Å². The van der Waals surface area contributed by atoms with E-state index >= 15 is 0 Å². The van der Waals surface area contributed by atoms with E-state index in [1.165, 1.54) is 18.5 Å². The molecular formula is C11H17N3O. The minimum Gasteiger partial charge on any atom is -0.428 e. The number of nitrogens with one attached hydrogen (secondary N) is 1. The average Bonchev–Trinajstić information content (AvgIpc) is 2.74. The summed E-state index contributed by atoms with van der Waals surface area (Å²) in [5.74, 6) is 1.13. The molecule has 15 heavy (non-hydrogen) atoms. The number of hydrogen-bond donors (Lipinski definition) is 1. The maximum atomic E-state index is 5.83. The Bertz CT molecular complexity index is 318. The first-order chi connectivity index (χ1) is 7.43. The van der Waals surface area contributed by atoms with Crippen molar-refractivity contribution in [2.45, 2.75) is 25.7 Å². The molecule has 0 amide bonds. The molecule has 2 heterocycles.